The van der Waals surface area contributed by atoms with Gasteiger partial charge in [0.05, 0.1) is 42.2 Å². The molecule has 0 radical (unpaired) electrons. The lowest BCUT2D eigenvalue weighted by Crippen LogP contribution is -2.67. The second-order valence-corrected chi connectivity index (χ2v) is 21.2. The van der Waals surface area contributed by atoms with Crippen LogP contribution in [0.2, 0.25) is 0 Å². The molecule has 0 bridgehead atoms. The minimum Gasteiger partial charge on any atom is -0.394 e. The summed E-state index contributed by atoms with van der Waals surface area (Å²) >= 11 is 0. The van der Waals surface area contributed by atoms with Gasteiger partial charge < -0.3 is 69.6 Å². The minimum atomic E-state index is -1.66. The molecular weight excluding hydrogens is 728 g/mol. The molecule has 14 nitrogen and oxygen atoms in total. The quantitative estimate of drug-likeness (QED) is 0.166. The van der Waals surface area contributed by atoms with Crippen LogP contribution >= 0.6 is 0 Å². The summed E-state index contributed by atoms with van der Waals surface area (Å²) in [6, 6.07) is 0. The summed E-state index contributed by atoms with van der Waals surface area (Å²) in [5.74, 6) is 0.442. The second-order valence-electron chi connectivity index (χ2n) is 21.2. The number of aliphatic hydroxyl groups is 9. The zero-order chi connectivity index (χ0) is 41.3. The first-order valence-corrected chi connectivity index (χ1v) is 21.2. The highest BCUT2D eigenvalue weighted by Gasteiger charge is 2.72. The highest BCUT2D eigenvalue weighted by molar-refractivity contribution is 5.21. The number of hydrogen-bond acceptors (Lipinski definition) is 14. The van der Waals surface area contributed by atoms with E-state index in [-0.39, 0.29) is 46.0 Å². The van der Waals surface area contributed by atoms with E-state index in [0.717, 1.165) is 32.1 Å². The molecule has 0 aromatic heterocycles. The third-order valence-corrected chi connectivity index (χ3v) is 17.4. The molecule has 0 amide bonds. The molecule has 3 aliphatic heterocycles. The van der Waals surface area contributed by atoms with Gasteiger partial charge in [-0.2, -0.15) is 0 Å². The lowest BCUT2D eigenvalue weighted by atomic mass is 9.35. The van der Waals surface area contributed by atoms with Crippen LogP contribution < -0.4 is 0 Å². The van der Waals surface area contributed by atoms with Crippen LogP contribution in [0.3, 0.4) is 0 Å². The Bertz CT molecular complexity index is 1430. The molecule has 0 aromatic carbocycles. The molecule has 9 N–H and O–H groups in total. The zero-order valence-corrected chi connectivity index (χ0v) is 34.8. The Hall–Kier alpha value is -0.560. The van der Waals surface area contributed by atoms with Crippen molar-refractivity contribution >= 4 is 0 Å². The summed E-state index contributed by atoms with van der Waals surface area (Å²) in [5.41, 5.74) is -2.66. The lowest BCUT2D eigenvalue weighted by molar-refractivity contribution is -0.368. The number of ether oxygens (including phenoxy) is 5. The van der Waals surface area contributed by atoms with Crippen LogP contribution in [-0.4, -0.2) is 150 Å². The van der Waals surface area contributed by atoms with Crippen molar-refractivity contribution < 1.29 is 69.6 Å². The van der Waals surface area contributed by atoms with Crippen LogP contribution in [0.4, 0.5) is 0 Å². The molecular formula is C42H72O14. The molecule has 56 heavy (non-hydrogen) atoms. The van der Waals surface area contributed by atoms with Crippen molar-refractivity contribution in [2.75, 3.05) is 6.61 Å². The predicted octanol–water partition coefficient (Wildman–Crippen LogP) is 1.36. The van der Waals surface area contributed by atoms with Crippen LogP contribution in [0, 0.1) is 45.3 Å². The number of aliphatic hydroxyl groups excluding tert-OH is 8. The molecule has 22 unspecified atom stereocenters. The van der Waals surface area contributed by atoms with Gasteiger partial charge >= 0.3 is 0 Å². The van der Waals surface area contributed by atoms with E-state index in [4.69, 9.17) is 23.7 Å². The average molecular weight is 801 g/mol. The summed E-state index contributed by atoms with van der Waals surface area (Å²) in [6.07, 6.45) is -10.1. The van der Waals surface area contributed by atoms with E-state index in [0.29, 0.717) is 19.3 Å². The van der Waals surface area contributed by atoms with Crippen LogP contribution in [0.1, 0.15) is 114 Å². The lowest BCUT2D eigenvalue weighted by Gasteiger charge is -2.70. The number of fused-ring (bicyclic) bond motifs is 5. The predicted molar refractivity (Wildman–Crippen MR) is 200 cm³/mol. The SMILES string of the molecule is CC1OC(OC2C(O)C(CO)OC(OC3CCC4(C)C(CCC5(C)C4CC(O)C4C(C6(C)CC(O)C(C(C)(C)O)O6)CCC45C)C3(C)C)C2O)C(O)C(O)C1O. The molecule has 324 valence electrons. The maximum atomic E-state index is 12.3. The third-order valence-electron chi connectivity index (χ3n) is 17.4. The van der Waals surface area contributed by atoms with Crippen molar-refractivity contribution in [3.05, 3.63) is 0 Å². The average Bonchev–Trinajstić information content (AvgIpc) is 3.66. The van der Waals surface area contributed by atoms with Crippen molar-refractivity contribution in [3.63, 3.8) is 0 Å². The molecule has 3 saturated heterocycles. The van der Waals surface area contributed by atoms with Crippen molar-refractivity contribution in [1.82, 2.24) is 0 Å². The first-order chi connectivity index (χ1) is 25.9. The summed E-state index contributed by atoms with van der Waals surface area (Å²) in [4.78, 5) is 0. The Morgan fingerprint density at radius 1 is 0.696 bits per heavy atom. The van der Waals surface area contributed by atoms with Crippen LogP contribution in [0.15, 0.2) is 0 Å². The summed E-state index contributed by atoms with van der Waals surface area (Å²) in [6.45, 7) is 17.9. The minimum absolute atomic E-state index is 0.0130. The molecule has 7 aliphatic rings. The fraction of sp³-hybridized carbons (Fsp3) is 1.00. The third kappa shape index (κ3) is 6.49. The van der Waals surface area contributed by atoms with Gasteiger partial charge in [0.2, 0.25) is 0 Å². The van der Waals surface area contributed by atoms with E-state index in [9.17, 15) is 46.0 Å². The van der Waals surface area contributed by atoms with Gasteiger partial charge in [0.25, 0.3) is 0 Å². The van der Waals surface area contributed by atoms with Gasteiger partial charge in [0, 0.05) is 6.42 Å². The first-order valence-electron chi connectivity index (χ1n) is 21.2. The molecule has 0 aromatic rings. The Morgan fingerprint density at radius 3 is 1.96 bits per heavy atom. The topological polar surface area (TPSA) is 228 Å². The fourth-order valence-corrected chi connectivity index (χ4v) is 14.2. The molecule has 7 rings (SSSR count). The summed E-state index contributed by atoms with van der Waals surface area (Å²) in [5, 5.41) is 98.1. The molecule has 3 heterocycles. The van der Waals surface area contributed by atoms with Gasteiger partial charge in [0.1, 0.15) is 48.8 Å². The molecule has 4 saturated carbocycles. The van der Waals surface area contributed by atoms with Gasteiger partial charge in [-0.3, -0.25) is 0 Å². The van der Waals surface area contributed by atoms with Crippen molar-refractivity contribution in [1.29, 1.82) is 0 Å². The Morgan fingerprint density at radius 2 is 1.34 bits per heavy atom. The van der Waals surface area contributed by atoms with Gasteiger partial charge in [-0.05, 0) is 118 Å². The van der Waals surface area contributed by atoms with E-state index in [1.165, 1.54) is 6.92 Å². The van der Waals surface area contributed by atoms with Gasteiger partial charge in [-0.25, -0.2) is 0 Å². The largest absolute Gasteiger partial charge is 0.394 e. The molecule has 22 atom stereocenters. The molecule has 4 aliphatic carbocycles. The van der Waals surface area contributed by atoms with Gasteiger partial charge in [-0.1, -0.05) is 34.6 Å². The number of hydrogen-bond donors (Lipinski definition) is 9. The second kappa shape index (κ2) is 14.5. The van der Waals surface area contributed by atoms with E-state index in [1.54, 1.807) is 13.8 Å². The molecule has 7 fully saturated rings. The van der Waals surface area contributed by atoms with Crippen molar-refractivity contribution in [3.8, 4) is 0 Å². The summed E-state index contributed by atoms with van der Waals surface area (Å²) < 4.78 is 30.7. The molecule has 14 heteroatoms. The fourth-order valence-electron chi connectivity index (χ4n) is 14.2. The van der Waals surface area contributed by atoms with Crippen LogP contribution in [0.25, 0.3) is 0 Å². The Kier molecular flexibility index (Phi) is 11.3. The number of rotatable bonds is 7. The smallest absolute Gasteiger partial charge is 0.187 e. The highest BCUT2D eigenvalue weighted by atomic mass is 16.7. The van der Waals surface area contributed by atoms with Crippen molar-refractivity contribution in [2.24, 2.45) is 45.3 Å². The normalized spacial score (nSPS) is 57.3. The highest BCUT2D eigenvalue weighted by Crippen LogP contribution is 2.76. The Labute approximate surface area is 331 Å². The Balaban J connectivity index is 1.09. The molecule has 0 spiro atoms. The van der Waals surface area contributed by atoms with E-state index in [1.807, 2.05) is 0 Å². The maximum Gasteiger partial charge on any atom is 0.187 e. The van der Waals surface area contributed by atoms with Crippen LogP contribution in [0.5, 0.6) is 0 Å². The van der Waals surface area contributed by atoms with Gasteiger partial charge in [-0.15, -0.1) is 0 Å². The first kappa shape index (κ1) is 43.5. The van der Waals surface area contributed by atoms with E-state index < -0.39 is 103 Å². The van der Waals surface area contributed by atoms with Crippen LogP contribution in [-0.2, 0) is 23.7 Å². The summed E-state index contributed by atoms with van der Waals surface area (Å²) in [7, 11) is 0. The zero-order valence-electron chi connectivity index (χ0n) is 34.8. The van der Waals surface area contributed by atoms with E-state index >= 15 is 0 Å². The maximum absolute atomic E-state index is 12.3. The monoisotopic (exact) mass is 800 g/mol. The van der Waals surface area contributed by atoms with Crippen molar-refractivity contribution in [2.45, 2.75) is 211 Å². The van der Waals surface area contributed by atoms with E-state index in [2.05, 4.69) is 41.5 Å². The van der Waals surface area contributed by atoms with Gasteiger partial charge in [0.15, 0.2) is 12.6 Å². The standard InChI is InChI=1S/C42H72O14/c1-19-28(46)30(48)31(49)35(52-19)55-33-29(47)23(18-43)53-36(32(33)50)54-26-12-13-39(6)24(37(26,2)3)11-15-40(7)25(39)16-21(44)27-20(10-14-41(27,40)8)42(9)17-22(45)34(56-42)38(4,5)51/h19-36,43-51H,10-18H2,1-9H3.